The number of halogens is 1. The normalized spacial score (nSPS) is 11.6. The maximum atomic E-state index is 13.3. The number of thioether (sulfide) groups is 1. The quantitative estimate of drug-likeness (QED) is 0.612. The van der Waals surface area contributed by atoms with Crippen LogP contribution in [0.4, 0.5) is 10.1 Å². The van der Waals surface area contributed by atoms with E-state index in [4.69, 9.17) is 4.74 Å². The fourth-order valence-corrected chi connectivity index (χ4v) is 2.79. The van der Waals surface area contributed by atoms with Crippen LogP contribution in [0.5, 0.6) is 0 Å². The number of rotatable bonds is 6. The third-order valence-corrected chi connectivity index (χ3v) is 4.31. The Bertz CT molecular complexity index is 755. The van der Waals surface area contributed by atoms with E-state index >= 15 is 0 Å². The second-order valence-electron chi connectivity index (χ2n) is 5.14. The number of methoxy groups -OCH3 is 1. The van der Waals surface area contributed by atoms with Gasteiger partial charge in [0, 0.05) is 18.6 Å². The molecule has 2 amide bonds. The molecule has 0 bridgehead atoms. The number of benzene rings is 2. The molecule has 0 aliphatic carbocycles. The van der Waals surface area contributed by atoms with Gasteiger partial charge in [0.05, 0.1) is 11.8 Å². The average molecular weight is 362 g/mol. The van der Waals surface area contributed by atoms with Crippen molar-refractivity contribution in [2.24, 2.45) is 0 Å². The largest absolute Gasteiger partial charge is 0.375 e. The topological polar surface area (TPSA) is 67.4 Å². The SMILES string of the molecule is CO[C@H](CNC(=O)C(=O)Nc1ccccc1SC)c1cccc(F)c1. The van der Waals surface area contributed by atoms with E-state index in [-0.39, 0.29) is 6.54 Å². The number of anilines is 1. The molecule has 7 heteroatoms. The summed E-state index contributed by atoms with van der Waals surface area (Å²) in [5.41, 5.74) is 1.15. The summed E-state index contributed by atoms with van der Waals surface area (Å²) in [6.45, 7) is 0.0520. The lowest BCUT2D eigenvalue weighted by molar-refractivity contribution is -0.136. The summed E-state index contributed by atoms with van der Waals surface area (Å²) >= 11 is 1.47. The van der Waals surface area contributed by atoms with Gasteiger partial charge in [0.1, 0.15) is 5.82 Å². The highest BCUT2D eigenvalue weighted by atomic mass is 32.2. The molecule has 0 aliphatic rings. The zero-order valence-electron chi connectivity index (χ0n) is 13.9. The summed E-state index contributed by atoms with van der Waals surface area (Å²) in [6.07, 6.45) is 1.33. The Morgan fingerprint density at radius 2 is 1.92 bits per heavy atom. The van der Waals surface area contributed by atoms with E-state index in [2.05, 4.69) is 10.6 Å². The van der Waals surface area contributed by atoms with E-state index in [1.54, 1.807) is 24.3 Å². The zero-order valence-corrected chi connectivity index (χ0v) is 14.7. The van der Waals surface area contributed by atoms with E-state index < -0.39 is 23.7 Å². The number of hydrogen-bond donors (Lipinski definition) is 2. The highest BCUT2D eigenvalue weighted by Crippen LogP contribution is 2.24. The molecular formula is C18H19FN2O3S. The first-order chi connectivity index (χ1) is 12.0. The van der Waals surface area contributed by atoms with E-state index in [0.717, 1.165) is 4.90 Å². The second kappa shape index (κ2) is 9.19. The molecule has 2 aromatic carbocycles. The minimum atomic E-state index is -0.783. The Morgan fingerprint density at radius 3 is 2.60 bits per heavy atom. The molecule has 0 radical (unpaired) electrons. The Hall–Kier alpha value is -2.38. The van der Waals surface area contributed by atoms with Gasteiger partial charge < -0.3 is 15.4 Å². The van der Waals surface area contributed by atoms with Crippen LogP contribution in [0.25, 0.3) is 0 Å². The van der Waals surface area contributed by atoms with E-state index in [0.29, 0.717) is 11.3 Å². The number of amides is 2. The molecular weight excluding hydrogens is 343 g/mol. The second-order valence-corrected chi connectivity index (χ2v) is 5.99. The number of carbonyl (C=O) groups is 2. The summed E-state index contributed by atoms with van der Waals surface area (Å²) in [4.78, 5) is 24.9. The van der Waals surface area contributed by atoms with Crippen LogP contribution in [0.2, 0.25) is 0 Å². The van der Waals surface area contributed by atoms with Gasteiger partial charge in [0.15, 0.2) is 0 Å². The van der Waals surface area contributed by atoms with Crippen molar-refractivity contribution in [3.05, 3.63) is 59.9 Å². The van der Waals surface area contributed by atoms with Crippen molar-refractivity contribution < 1.29 is 18.7 Å². The lowest BCUT2D eigenvalue weighted by Crippen LogP contribution is -2.38. The number of para-hydroxylation sites is 1. The van der Waals surface area contributed by atoms with E-state index in [1.165, 1.54) is 31.0 Å². The molecule has 0 fully saturated rings. The lowest BCUT2D eigenvalue weighted by Gasteiger charge is -2.16. The number of nitrogens with one attached hydrogen (secondary N) is 2. The summed E-state index contributed by atoms with van der Waals surface area (Å²) in [7, 11) is 1.45. The summed E-state index contributed by atoms with van der Waals surface area (Å²) in [6, 6.07) is 13.1. The highest BCUT2D eigenvalue weighted by Gasteiger charge is 2.18. The summed E-state index contributed by atoms with van der Waals surface area (Å²) in [5, 5.41) is 5.08. The van der Waals surface area contributed by atoms with Crippen LogP contribution in [0.15, 0.2) is 53.4 Å². The van der Waals surface area contributed by atoms with Gasteiger partial charge in [-0.15, -0.1) is 11.8 Å². The highest BCUT2D eigenvalue weighted by molar-refractivity contribution is 7.98. The van der Waals surface area contributed by atoms with Gasteiger partial charge in [0.25, 0.3) is 0 Å². The van der Waals surface area contributed by atoms with Gasteiger partial charge in [-0.2, -0.15) is 0 Å². The predicted octanol–water partition coefficient (Wildman–Crippen LogP) is 2.99. The van der Waals surface area contributed by atoms with Crippen LogP contribution in [0.1, 0.15) is 11.7 Å². The van der Waals surface area contributed by atoms with Crippen LogP contribution >= 0.6 is 11.8 Å². The summed E-state index contributed by atoms with van der Waals surface area (Å²) < 4.78 is 18.6. The van der Waals surface area contributed by atoms with Crippen LogP contribution in [0, 0.1) is 5.82 Å². The maximum Gasteiger partial charge on any atom is 0.313 e. The molecule has 0 unspecified atom stereocenters. The van der Waals surface area contributed by atoms with Gasteiger partial charge >= 0.3 is 11.8 Å². The molecule has 0 saturated carbocycles. The van der Waals surface area contributed by atoms with Crippen LogP contribution < -0.4 is 10.6 Å². The maximum absolute atomic E-state index is 13.3. The van der Waals surface area contributed by atoms with Crippen molar-refractivity contribution in [1.29, 1.82) is 0 Å². The van der Waals surface area contributed by atoms with Gasteiger partial charge in [-0.25, -0.2) is 4.39 Å². The van der Waals surface area contributed by atoms with Crippen molar-refractivity contribution >= 4 is 29.3 Å². The average Bonchev–Trinajstić information content (AvgIpc) is 2.62. The number of hydrogen-bond acceptors (Lipinski definition) is 4. The molecule has 0 spiro atoms. The lowest BCUT2D eigenvalue weighted by atomic mass is 10.1. The van der Waals surface area contributed by atoms with E-state index in [9.17, 15) is 14.0 Å². The number of carbonyl (C=O) groups excluding carboxylic acids is 2. The summed E-state index contributed by atoms with van der Waals surface area (Å²) in [5.74, 6) is -1.94. The smallest absolute Gasteiger partial charge is 0.313 e. The van der Waals surface area contributed by atoms with Crippen molar-refractivity contribution in [3.8, 4) is 0 Å². The molecule has 132 valence electrons. The van der Waals surface area contributed by atoms with E-state index in [1.807, 2.05) is 18.4 Å². The zero-order chi connectivity index (χ0) is 18.2. The van der Waals surface area contributed by atoms with Crippen molar-refractivity contribution in [1.82, 2.24) is 5.32 Å². The first-order valence-corrected chi connectivity index (χ1v) is 8.78. The monoisotopic (exact) mass is 362 g/mol. The fraction of sp³-hybridized carbons (Fsp3) is 0.222. The Labute approximate surface area is 150 Å². The molecule has 2 aromatic rings. The molecule has 25 heavy (non-hydrogen) atoms. The fourth-order valence-electron chi connectivity index (χ4n) is 2.24. The third kappa shape index (κ3) is 5.30. The van der Waals surface area contributed by atoms with Gasteiger partial charge in [-0.3, -0.25) is 9.59 Å². The van der Waals surface area contributed by atoms with Crippen LogP contribution in [-0.4, -0.2) is 31.7 Å². The molecule has 0 aromatic heterocycles. The molecule has 0 saturated heterocycles. The first-order valence-electron chi connectivity index (χ1n) is 7.55. The number of ether oxygens (including phenoxy) is 1. The minimum absolute atomic E-state index is 0.0520. The van der Waals surface area contributed by atoms with Gasteiger partial charge in [-0.1, -0.05) is 24.3 Å². The standard InChI is InChI=1S/C18H19FN2O3S/c1-24-15(12-6-5-7-13(19)10-12)11-20-17(22)18(23)21-14-8-3-4-9-16(14)25-2/h3-10,15H,11H2,1-2H3,(H,20,22)(H,21,23)/t15-/m1/s1. The van der Waals surface area contributed by atoms with Gasteiger partial charge in [-0.05, 0) is 36.1 Å². The Balaban J connectivity index is 1.95. The van der Waals surface area contributed by atoms with Crippen LogP contribution in [0.3, 0.4) is 0 Å². The first kappa shape index (κ1) is 19.0. The molecule has 1 atom stereocenters. The van der Waals surface area contributed by atoms with Crippen LogP contribution in [-0.2, 0) is 14.3 Å². The molecule has 5 nitrogen and oxygen atoms in total. The molecule has 2 rings (SSSR count). The Kier molecular flexibility index (Phi) is 6.97. The third-order valence-electron chi connectivity index (χ3n) is 3.51. The molecule has 0 heterocycles. The van der Waals surface area contributed by atoms with Crippen molar-refractivity contribution in [2.45, 2.75) is 11.0 Å². The van der Waals surface area contributed by atoms with Crippen molar-refractivity contribution in [2.75, 3.05) is 25.2 Å². The minimum Gasteiger partial charge on any atom is -0.375 e. The predicted molar refractivity (Wildman–Crippen MR) is 96.0 cm³/mol. The van der Waals surface area contributed by atoms with Gasteiger partial charge in [0.2, 0.25) is 0 Å². The van der Waals surface area contributed by atoms with Crippen molar-refractivity contribution in [3.63, 3.8) is 0 Å². The molecule has 0 aliphatic heterocycles. The Morgan fingerprint density at radius 1 is 1.16 bits per heavy atom. The molecule has 2 N–H and O–H groups in total.